The summed E-state index contributed by atoms with van der Waals surface area (Å²) in [6, 6.07) is 11.7. The number of carbonyl (C=O) groups is 2. The van der Waals surface area contributed by atoms with Crippen LogP contribution in [0.5, 0.6) is 5.75 Å². The molecule has 7 heterocycles. The Morgan fingerprint density at radius 1 is 0.952 bits per heavy atom. The number of likely N-dealkylation sites (tertiary alicyclic amines) is 1. The van der Waals surface area contributed by atoms with E-state index >= 15 is 0 Å². The van der Waals surface area contributed by atoms with Gasteiger partial charge in [-0.15, -0.1) is 0 Å². The molecule has 2 saturated heterocycles. The van der Waals surface area contributed by atoms with Crippen LogP contribution in [-0.2, 0) is 24.2 Å². The van der Waals surface area contributed by atoms with Crippen molar-refractivity contribution in [2.75, 3.05) is 55.6 Å². The van der Waals surface area contributed by atoms with Gasteiger partial charge in [-0.3, -0.25) is 19.3 Å². The van der Waals surface area contributed by atoms with Crippen LogP contribution in [0.2, 0.25) is 5.02 Å². The van der Waals surface area contributed by atoms with Crippen molar-refractivity contribution >= 4 is 40.9 Å². The minimum Gasteiger partial charge on any atom is -0.489 e. The van der Waals surface area contributed by atoms with Crippen LogP contribution in [0.4, 0.5) is 17.5 Å². The number of nitriles is 1. The lowest BCUT2D eigenvalue weighted by Gasteiger charge is -2.63. The number of rotatable bonds is 9. The van der Waals surface area contributed by atoms with Crippen LogP contribution in [0.25, 0.3) is 0 Å². The van der Waals surface area contributed by atoms with Crippen molar-refractivity contribution in [3.8, 4) is 11.8 Å². The van der Waals surface area contributed by atoms with Gasteiger partial charge in [-0.25, -0.2) is 9.97 Å². The molecule has 5 aliphatic rings. The molecule has 0 spiro atoms. The second kappa shape index (κ2) is 17.0. The van der Waals surface area contributed by atoms with Crippen molar-refractivity contribution in [1.82, 2.24) is 39.8 Å². The second-order valence-corrected chi connectivity index (χ2v) is 20.0. The maximum Gasteiger partial charge on any atom is 0.254 e. The lowest BCUT2D eigenvalue weighted by Crippen LogP contribution is -2.74. The third-order valence-corrected chi connectivity index (χ3v) is 14.9. The van der Waals surface area contributed by atoms with Gasteiger partial charge in [0.25, 0.3) is 5.91 Å². The molecule has 3 aromatic heterocycles. The number of piperidine rings is 2. The SMILES string of the molecule is CC(=O)N1CCc2c(c(N3CCCc4nc(C)ccc43)nn2C2CCN(CC3CCN(c4ncc(C(=O)NC5C(C)(C)C(Oc6ccc(C#N)c(Cl)c6)C5(C)C)cn4)CC3)CC2)C1. The number of aromatic nitrogens is 5. The van der Waals surface area contributed by atoms with Gasteiger partial charge < -0.3 is 29.7 Å². The molecule has 9 rings (SSSR count). The number of benzene rings is 1. The minimum atomic E-state index is -0.372. The summed E-state index contributed by atoms with van der Waals surface area (Å²) in [5.74, 6) is 2.79. The zero-order valence-electron chi connectivity index (χ0n) is 37.5. The molecule has 4 aromatic rings. The normalized spacial score (nSPS) is 22.4. The number of amides is 2. The molecular weight excluding hydrogens is 814 g/mol. The third kappa shape index (κ3) is 8.23. The molecule has 2 amide bonds. The molecule has 332 valence electrons. The highest BCUT2D eigenvalue weighted by Crippen LogP contribution is 2.55. The number of carbonyl (C=O) groups excluding carboxylic acids is 2. The van der Waals surface area contributed by atoms with Crippen molar-refractivity contribution < 1.29 is 14.3 Å². The highest BCUT2D eigenvalue weighted by Gasteiger charge is 2.64. The molecule has 0 radical (unpaired) electrons. The third-order valence-electron chi connectivity index (χ3n) is 14.6. The zero-order chi connectivity index (χ0) is 44.2. The summed E-state index contributed by atoms with van der Waals surface area (Å²) in [5.41, 5.74) is 5.93. The monoisotopic (exact) mass is 873 g/mol. The molecule has 0 unspecified atom stereocenters. The van der Waals surface area contributed by atoms with E-state index in [0.29, 0.717) is 46.4 Å². The number of ether oxygens (including phenoxy) is 1. The van der Waals surface area contributed by atoms with Crippen LogP contribution in [0.3, 0.4) is 0 Å². The van der Waals surface area contributed by atoms with E-state index in [1.54, 1.807) is 37.5 Å². The fourth-order valence-corrected chi connectivity index (χ4v) is 11.6. The van der Waals surface area contributed by atoms with E-state index in [0.717, 1.165) is 114 Å². The number of anilines is 3. The maximum atomic E-state index is 13.5. The summed E-state index contributed by atoms with van der Waals surface area (Å²) in [6.45, 7) is 19.3. The van der Waals surface area contributed by atoms with Crippen LogP contribution in [0.1, 0.15) is 111 Å². The van der Waals surface area contributed by atoms with Crippen LogP contribution in [0.15, 0.2) is 42.7 Å². The number of hydrogen-bond donors (Lipinski definition) is 1. The Balaban J connectivity index is 0.769. The summed E-state index contributed by atoms with van der Waals surface area (Å²) >= 11 is 6.27. The standard InChI is InChI=1S/C48H60ClN11O3/c1-30-9-12-41-39(53-30)8-7-18-59(41)42-37-29-58(31(2)61)23-17-40(37)60(55-42)35-15-19-56(20-16-35)28-32-13-21-57(22-14-32)46-51-26-34(27-52-46)43(62)54-44-47(3,4)45(48(44,5)6)63-36-11-10-33(25-50)38(49)24-36/h9-12,24,26-27,32,35,44-45H,7-8,13-23,28-29H2,1-6H3,(H,54,62). The van der Waals surface area contributed by atoms with Crippen LogP contribution >= 0.6 is 11.6 Å². The fourth-order valence-electron chi connectivity index (χ4n) is 11.4. The average molecular weight is 875 g/mol. The Bertz CT molecular complexity index is 2390. The quantitative estimate of drug-likeness (QED) is 0.184. The van der Waals surface area contributed by atoms with Crippen molar-refractivity contribution in [1.29, 1.82) is 5.26 Å². The zero-order valence-corrected chi connectivity index (χ0v) is 38.3. The topological polar surface area (TPSA) is 149 Å². The van der Waals surface area contributed by atoms with Gasteiger partial charge in [-0.1, -0.05) is 39.3 Å². The molecule has 1 aliphatic carbocycles. The molecule has 4 aliphatic heterocycles. The summed E-state index contributed by atoms with van der Waals surface area (Å²) in [5, 5.41) is 18.2. The Morgan fingerprint density at radius 2 is 1.68 bits per heavy atom. The van der Waals surface area contributed by atoms with Gasteiger partial charge in [0, 0.05) is 111 Å². The van der Waals surface area contributed by atoms with E-state index in [-0.39, 0.29) is 34.8 Å². The molecule has 1 aromatic carbocycles. The molecule has 14 nitrogen and oxygen atoms in total. The number of aryl methyl sites for hydroxylation is 2. The molecule has 63 heavy (non-hydrogen) atoms. The fraction of sp³-hybridized carbons (Fsp3) is 0.562. The molecular formula is C48H60ClN11O3. The highest BCUT2D eigenvalue weighted by molar-refractivity contribution is 6.31. The van der Waals surface area contributed by atoms with E-state index in [1.807, 2.05) is 4.90 Å². The van der Waals surface area contributed by atoms with E-state index < -0.39 is 0 Å². The predicted molar refractivity (Wildman–Crippen MR) is 242 cm³/mol. The Kier molecular flexibility index (Phi) is 11.6. The van der Waals surface area contributed by atoms with Crippen molar-refractivity contribution in [3.05, 3.63) is 81.5 Å². The van der Waals surface area contributed by atoms with Crippen LogP contribution in [-0.4, -0.2) is 104 Å². The molecule has 3 fully saturated rings. The maximum absolute atomic E-state index is 13.5. The lowest BCUT2D eigenvalue weighted by molar-refractivity contribution is -0.164. The summed E-state index contributed by atoms with van der Waals surface area (Å²) < 4.78 is 8.74. The van der Waals surface area contributed by atoms with Crippen molar-refractivity contribution in [2.24, 2.45) is 16.7 Å². The van der Waals surface area contributed by atoms with Crippen LogP contribution < -0.4 is 19.9 Å². The van der Waals surface area contributed by atoms with E-state index in [9.17, 15) is 14.9 Å². The van der Waals surface area contributed by atoms with Gasteiger partial charge in [0.05, 0.1) is 40.1 Å². The van der Waals surface area contributed by atoms with E-state index in [2.05, 4.69) is 87.5 Å². The van der Waals surface area contributed by atoms with Gasteiger partial charge in [0.2, 0.25) is 11.9 Å². The molecule has 0 atom stereocenters. The van der Waals surface area contributed by atoms with E-state index in [4.69, 9.17) is 26.4 Å². The molecule has 1 N–H and O–H groups in total. The van der Waals surface area contributed by atoms with Gasteiger partial charge in [-0.2, -0.15) is 10.4 Å². The first kappa shape index (κ1) is 43.0. The number of halogens is 1. The summed E-state index contributed by atoms with van der Waals surface area (Å²) in [7, 11) is 0. The Hall–Kier alpha value is -5.26. The molecule has 0 bridgehead atoms. The minimum absolute atomic E-state index is 0.119. The number of nitrogens with zero attached hydrogens (tertiary/aromatic N) is 10. The average Bonchev–Trinajstić information content (AvgIpc) is 3.66. The highest BCUT2D eigenvalue weighted by atomic mass is 35.5. The lowest BCUT2D eigenvalue weighted by atomic mass is 9.49. The predicted octanol–water partition coefficient (Wildman–Crippen LogP) is 7.06. The molecule has 1 saturated carbocycles. The van der Waals surface area contributed by atoms with E-state index in [1.165, 1.54) is 11.3 Å². The van der Waals surface area contributed by atoms with Crippen LogP contribution in [0, 0.1) is 35.0 Å². The van der Waals surface area contributed by atoms with Gasteiger partial charge >= 0.3 is 0 Å². The Morgan fingerprint density at radius 3 is 2.37 bits per heavy atom. The van der Waals surface area contributed by atoms with Crippen molar-refractivity contribution in [2.45, 2.75) is 111 Å². The number of fused-ring (bicyclic) bond motifs is 2. The number of nitrogens with one attached hydrogen (secondary N) is 1. The van der Waals surface area contributed by atoms with Crippen molar-refractivity contribution in [3.63, 3.8) is 0 Å². The second-order valence-electron chi connectivity index (χ2n) is 19.6. The molecule has 15 heteroatoms. The Labute approximate surface area is 376 Å². The summed E-state index contributed by atoms with van der Waals surface area (Å²) in [6.07, 6.45) is 10.2. The smallest absolute Gasteiger partial charge is 0.254 e. The number of hydrogen-bond acceptors (Lipinski definition) is 11. The summed E-state index contributed by atoms with van der Waals surface area (Å²) in [4.78, 5) is 49.5. The van der Waals surface area contributed by atoms with Gasteiger partial charge in [0.1, 0.15) is 17.9 Å². The largest absolute Gasteiger partial charge is 0.489 e. The first-order valence-corrected chi connectivity index (χ1v) is 23.2. The van der Waals surface area contributed by atoms with Gasteiger partial charge in [-0.05, 0) is 75.6 Å². The number of pyridine rings is 1. The van der Waals surface area contributed by atoms with Gasteiger partial charge in [0.15, 0.2) is 5.82 Å². The first-order valence-electron chi connectivity index (χ1n) is 22.8. The first-order chi connectivity index (χ1) is 30.2.